The van der Waals surface area contributed by atoms with Gasteiger partial charge in [-0.2, -0.15) is 0 Å². The lowest BCUT2D eigenvalue weighted by Crippen LogP contribution is -2.32. The average Bonchev–Trinajstić information content (AvgIpc) is 1.99. The van der Waals surface area contributed by atoms with Crippen LogP contribution in [0.5, 0.6) is 0 Å². The fourth-order valence-electron chi connectivity index (χ4n) is 0.906. The predicted octanol–water partition coefficient (Wildman–Crippen LogP) is 0.562. The molecule has 0 radical (unpaired) electrons. The van der Waals surface area contributed by atoms with Crippen LogP contribution in [-0.2, 0) is 0 Å². The third kappa shape index (κ3) is 6.49. The van der Waals surface area contributed by atoms with Gasteiger partial charge in [0.2, 0.25) is 0 Å². The molecule has 68 valence electrons. The fourth-order valence-corrected chi connectivity index (χ4v) is 2.08. The number of hydrogen-bond acceptors (Lipinski definition) is 3. The first-order valence-electron chi connectivity index (χ1n) is 4.27. The van der Waals surface area contributed by atoms with Gasteiger partial charge in [-0.3, -0.25) is 0 Å². The molecule has 11 heavy (non-hydrogen) atoms. The molecule has 0 saturated heterocycles. The van der Waals surface area contributed by atoms with Crippen molar-refractivity contribution < 1.29 is 9.59 Å². The topological polar surface area (TPSA) is 66.5 Å². The van der Waals surface area contributed by atoms with Crippen LogP contribution < -0.4 is 5.73 Å². The lowest BCUT2D eigenvalue weighted by Gasteiger charge is -2.14. The van der Waals surface area contributed by atoms with Gasteiger partial charge in [0.15, 0.2) is 0 Å². The minimum atomic E-state index is -2.77. The van der Waals surface area contributed by atoms with Gasteiger partial charge in [-0.05, 0) is 25.1 Å². The Hall–Kier alpha value is 0.0969. The minimum Gasteiger partial charge on any atom is -0.411 e. The van der Waals surface area contributed by atoms with Crippen LogP contribution in [-0.4, -0.2) is 24.7 Å². The predicted molar refractivity (Wildman–Crippen MR) is 48.4 cm³/mol. The van der Waals surface area contributed by atoms with E-state index in [1.165, 1.54) is 0 Å². The van der Waals surface area contributed by atoms with Crippen molar-refractivity contribution in [1.29, 1.82) is 0 Å². The molecule has 0 aromatic rings. The van der Waals surface area contributed by atoms with Crippen LogP contribution in [0.4, 0.5) is 0 Å². The van der Waals surface area contributed by atoms with Gasteiger partial charge in [0.05, 0.1) is 0 Å². The zero-order valence-electron chi connectivity index (χ0n) is 7.21. The second kappa shape index (κ2) is 5.71. The molecule has 4 N–H and O–H groups in total. The Balaban J connectivity index is 3.23. The highest BCUT2D eigenvalue weighted by molar-refractivity contribution is 6.64. The smallest absolute Gasteiger partial charge is 0.332 e. The maximum Gasteiger partial charge on any atom is 0.332 e. The van der Waals surface area contributed by atoms with E-state index in [1.807, 2.05) is 6.92 Å². The Morgan fingerprint density at radius 2 is 1.82 bits per heavy atom. The van der Waals surface area contributed by atoms with E-state index in [4.69, 9.17) is 5.73 Å². The normalized spacial score (nSPS) is 12.0. The summed E-state index contributed by atoms with van der Waals surface area (Å²) in [6.07, 6.45) is 2.92. The molecular weight excluding hydrogens is 158 g/mol. The zero-order valence-corrected chi connectivity index (χ0v) is 8.21. The van der Waals surface area contributed by atoms with Crippen molar-refractivity contribution >= 4 is 8.56 Å². The second-order valence-electron chi connectivity index (χ2n) is 2.94. The summed E-state index contributed by atoms with van der Waals surface area (Å²) in [6.45, 7) is 2.53. The van der Waals surface area contributed by atoms with Crippen molar-refractivity contribution in [3.05, 3.63) is 0 Å². The first kappa shape index (κ1) is 11.1. The molecule has 0 amide bonds. The maximum atomic E-state index is 9.29. The van der Waals surface area contributed by atoms with Gasteiger partial charge in [0.1, 0.15) is 0 Å². The fraction of sp³-hybridized carbons (Fsp3) is 1.00. The first-order valence-corrected chi connectivity index (χ1v) is 6.58. The summed E-state index contributed by atoms with van der Waals surface area (Å²) in [5.41, 5.74) is 5.30. The standard InChI is InChI=1S/C7H19NO2Si/c1-2-11(9,10)7-5-3-4-6-8/h9-10H,2-8H2,1H3. The first-order chi connectivity index (χ1) is 5.12. The van der Waals surface area contributed by atoms with Crippen LogP contribution in [0, 0.1) is 0 Å². The molecule has 3 nitrogen and oxygen atoms in total. The van der Waals surface area contributed by atoms with Gasteiger partial charge >= 0.3 is 8.56 Å². The molecule has 0 aromatic heterocycles. The Bertz CT molecular complexity index is 98.4. The summed E-state index contributed by atoms with van der Waals surface area (Å²) in [6, 6.07) is 1.14. The van der Waals surface area contributed by atoms with Crippen LogP contribution in [0.2, 0.25) is 12.1 Å². The van der Waals surface area contributed by atoms with Crippen LogP contribution in [0.1, 0.15) is 26.2 Å². The average molecular weight is 177 g/mol. The number of rotatable bonds is 6. The Morgan fingerprint density at radius 3 is 2.27 bits per heavy atom. The Kier molecular flexibility index (Phi) is 5.76. The van der Waals surface area contributed by atoms with Crippen molar-refractivity contribution in [2.24, 2.45) is 5.73 Å². The summed E-state index contributed by atoms with van der Waals surface area (Å²) >= 11 is 0. The maximum absolute atomic E-state index is 9.29. The highest BCUT2D eigenvalue weighted by atomic mass is 28.4. The van der Waals surface area contributed by atoms with Gasteiger partial charge in [0, 0.05) is 0 Å². The van der Waals surface area contributed by atoms with E-state index < -0.39 is 8.56 Å². The van der Waals surface area contributed by atoms with Gasteiger partial charge in [0.25, 0.3) is 0 Å². The highest BCUT2D eigenvalue weighted by Crippen LogP contribution is 2.12. The SMILES string of the molecule is CC[Si](O)(O)CCCCCN. The highest BCUT2D eigenvalue weighted by Gasteiger charge is 2.24. The number of unbranched alkanes of at least 4 members (excludes halogenated alkanes) is 2. The largest absolute Gasteiger partial charge is 0.411 e. The monoisotopic (exact) mass is 177 g/mol. The van der Waals surface area contributed by atoms with Crippen LogP contribution >= 0.6 is 0 Å². The summed E-state index contributed by atoms with van der Waals surface area (Å²) in [5, 5.41) is 0. The van der Waals surface area contributed by atoms with Gasteiger partial charge in [-0.25, -0.2) is 0 Å². The third-order valence-corrected chi connectivity index (χ3v) is 4.13. The Morgan fingerprint density at radius 1 is 1.18 bits per heavy atom. The summed E-state index contributed by atoms with van der Waals surface area (Å²) in [7, 11) is -2.77. The molecule has 0 bridgehead atoms. The quantitative estimate of drug-likeness (QED) is 0.410. The van der Waals surface area contributed by atoms with Crippen molar-refractivity contribution in [3.63, 3.8) is 0 Å². The third-order valence-electron chi connectivity index (χ3n) is 1.85. The minimum absolute atomic E-state index is 0.537. The lowest BCUT2D eigenvalue weighted by molar-refractivity contribution is 0.356. The molecule has 0 aliphatic rings. The molecule has 0 spiro atoms. The molecule has 0 rings (SSSR count). The van der Waals surface area contributed by atoms with Crippen molar-refractivity contribution in [3.8, 4) is 0 Å². The Labute approximate surface area is 69.5 Å². The van der Waals surface area contributed by atoms with Gasteiger partial charge < -0.3 is 15.3 Å². The second-order valence-corrected chi connectivity index (χ2v) is 6.11. The molecule has 0 aliphatic heterocycles. The van der Waals surface area contributed by atoms with E-state index >= 15 is 0 Å². The van der Waals surface area contributed by atoms with Crippen molar-refractivity contribution in [2.75, 3.05) is 6.54 Å². The summed E-state index contributed by atoms with van der Waals surface area (Å²) in [4.78, 5) is 18.6. The summed E-state index contributed by atoms with van der Waals surface area (Å²) < 4.78 is 0. The molecule has 0 unspecified atom stereocenters. The van der Waals surface area contributed by atoms with Gasteiger partial charge in [-0.15, -0.1) is 0 Å². The van der Waals surface area contributed by atoms with E-state index in [2.05, 4.69) is 0 Å². The molecule has 0 aromatic carbocycles. The number of nitrogens with two attached hydrogens (primary N) is 1. The molecule has 0 heterocycles. The van der Waals surface area contributed by atoms with Crippen LogP contribution in [0.25, 0.3) is 0 Å². The van der Waals surface area contributed by atoms with Crippen molar-refractivity contribution in [1.82, 2.24) is 0 Å². The molecular formula is C7H19NO2Si. The lowest BCUT2D eigenvalue weighted by atomic mass is 10.2. The number of hydrogen-bond donors (Lipinski definition) is 3. The molecule has 0 fully saturated rings. The molecule has 4 heteroatoms. The van der Waals surface area contributed by atoms with E-state index in [0.29, 0.717) is 18.6 Å². The molecule has 0 saturated carbocycles. The van der Waals surface area contributed by atoms with E-state index in [1.54, 1.807) is 0 Å². The van der Waals surface area contributed by atoms with Crippen LogP contribution in [0.15, 0.2) is 0 Å². The van der Waals surface area contributed by atoms with Crippen LogP contribution in [0.3, 0.4) is 0 Å². The molecule has 0 atom stereocenters. The van der Waals surface area contributed by atoms with E-state index in [9.17, 15) is 9.59 Å². The molecule has 0 aliphatic carbocycles. The van der Waals surface area contributed by atoms with E-state index in [-0.39, 0.29) is 0 Å². The summed E-state index contributed by atoms with van der Waals surface area (Å²) in [5.74, 6) is 0. The van der Waals surface area contributed by atoms with Gasteiger partial charge in [-0.1, -0.05) is 19.8 Å². The zero-order chi connectivity index (χ0) is 8.74. The van der Waals surface area contributed by atoms with Crippen molar-refractivity contribution in [2.45, 2.75) is 38.3 Å². The van der Waals surface area contributed by atoms with E-state index in [0.717, 1.165) is 19.3 Å².